The van der Waals surface area contributed by atoms with Gasteiger partial charge in [0.15, 0.2) is 0 Å². The Morgan fingerprint density at radius 3 is 2.48 bits per heavy atom. The average Bonchev–Trinajstić information content (AvgIpc) is 3.11. The lowest BCUT2D eigenvalue weighted by atomic mass is 9.65. The molecule has 0 aliphatic carbocycles. The number of fused-ring (bicyclic) bond motifs is 1. The summed E-state index contributed by atoms with van der Waals surface area (Å²) in [6, 6.07) is 18.9. The van der Waals surface area contributed by atoms with E-state index in [2.05, 4.69) is 73.5 Å². The summed E-state index contributed by atoms with van der Waals surface area (Å²) in [5.74, 6) is 0.737. The number of carbonyl (C=O) groups excluding carboxylic acids is 1. The van der Waals surface area contributed by atoms with E-state index in [1.165, 1.54) is 11.1 Å². The first-order valence-corrected chi connectivity index (χ1v) is 10.5. The first-order valence-electron chi connectivity index (χ1n) is 10.1. The van der Waals surface area contributed by atoms with Crippen molar-refractivity contribution in [3.63, 3.8) is 0 Å². The highest BCUT2D eigenvalue weighted by atomic mass is 32.1. The van der Waals surface area contributed by atoms with E-state index in [1.807, 2.05) is 17.0 Å². The Hall–Kier alpha value is -2.53. The van der Waals surface area contributed by atoms with Crippen molar-refractivity contribution in [3.8, 4) is 0 Å². The molecule has 5 heteroatoms. The van der Waals surface area contributed by atoms with Crippen LogP contribution in [0.4, 0.5) is 5.69 Å². The van der Waals surface area contributed by atoms with Crippen LogP contribution in [0.2, 0.25) is 0 Å². The second-order valence-electron chi connectivity index (χ2n) is 8.69. The van der Waals surface area contributed by atoms with Crippen LogP contribution < -0.4 is 10.2 Å². The molecule has 2 aliphatic rings. The van der Waals surface area contributed by atoms with Gasteiger partial charge >= 0.3 is 0 Å². The Labute approximate surface area is 178 Å². The maximum atomic E-state index is 13.4. The first-order chi connectivity index (χ1) is 13.8. The number of nitrogens with one attached hydrogen (secondary N) is 1. The number of para-hydroxylation sites is 1. The van der Waals surface area contributed by atoms with Crippen LogP contribution in [-0.4, -0.2) is 35.2 Å². The second kappa shape index (κ2) is 7.38. The van der Waals surface area contributed by atoms with Crippen molar-refractivity contribution in [1.29, 1.82) is 0 Å². The summed E-state index contributed by atoms with van der Waals surface area (Å²) in [6.45, 7) is 7.50. The fourth-order valence-electron chi connectivity index (χ4n) is 4.90. The molecular weight excluding hydrogens is 378 g/mol. The van der Waals surface area contributed by atoms with Gasteiger partial charge in [0, 0.05) is 29.6 Å². The molecular formula is C24H27N3OS. The normalized spacial score (nSPS) is 22.8. The van der Waals surface area contributed by atoms with Gasteiger partial charge in [0.1, 0.15) is 5.84 Å². The molecule has 0 unspecified atom stereocenters. The monoisotopic (exact) mass is 405 g/mol. The van der Waals surface area contributed by atoms with Crippen LogP contribution in [0, 0.1) is 0 Å². The molecule has 0 saturated carbocycles. The predicted molar refractivity (Wildman–Crippen MR) is 123 cm³/mol. The summed E-state index contributed by atoms with van der Waals surface area (Å²) in [6.07, 6.45) is 1.63. The highest BCUT2D eigenvalue weighted by Gasteiger charge is 2.47. The van der Waals surface area contributed by atoms with Gasteiger partial charge < -0.3 is 10.2 Å². The molecule has 150 valence electrons. The van der Waals surface area contributed by atoms with Crippen molar-refractivity contribution in [2.45, 2.75) is 44.6 Å². The van der Waals surface area contributed by atoms with Gasteiger partial charge in [-0.25, -0.2) is 0 Å². The van der Waals surface area contributed by atoms with Crippen LogP contribution in [-0.2, 0) is 10.2 Å². The van der Waals surface area contributed by atoms with E-state index in [-0.39, 0.29) is 23.4 Å². The van der Waals surface area contributed by atoms with Gasteiger partial charge in [-0.15, -0.1) is 0 Å². The van der Waals surface area contributed by atoms with Crippen LogP contribution >= 0.6 is 12.2 Å². The minimum absolute atomic E-state index is 0.0370. The van der Waals surface area contributed by atoms with E-state index in [4.69, 9.17) is 12.2 Å². The molecule has 4 nitrogen and oxygen atoms in total. The minimum Gasteiger partial charge on any atom is -0.360 e. The van der Waals surface area contributed by atoms with Crippen molar-refractivity contribution in [1.82, 2.24) is 5.32 Å². The van der Waals surface area contributed by atoms with E-state index in [0.717, 1.165) is 23.4 Å². The quantitative estimate of drug-likeness (QED) is 0.776. The standard InChI is InChI=1S/C24H27N3OS/c1-23(2)16-24(3,17-9-5-4-6-10-17)18-11-7-8-12-19(18)27(23)21(28)15-26-22-20(29)13-14-25-22/h4-12H,13-16H2,1-3H3,(H,25,26)/t24-/m0/s1. The Kier molecular flexibility index (Phi) is 5.03. The summed E-state index contributed by atoms with van der Waals surface area (Å²) in [5, 5.41) is 3.17. The van der Waals surface area contributed by atoms with Crippen molar-refractivity contribution >= 4 is 34.5 Å². The lowest BCUT2D eigenvalue weighted by Crippen LogP contribution is -2.58. The Balaban J connectivity index is 1.70. The summed E-state index contributed by atoms with van der Waals surface area (Å²) in [4.78, 5) is 20.5. The molecule has 0 radical (unpaired) electrons. The maximum Gasteiger partial charge on any atom is 0.246 e. The third-order valence-electron chi connectivity index (χ3n) is 6.07. The van der Waals surface area contributed by atoms with Crippen molar-refractivity contribution in [3.05, 3.63) is 65.7 Å². The van der Waals surface area contributed by atoms with E-state index in [0.29, 0.717) is 12.4 Å². The van der Waals surface area contributed by atoms with Crippen LogP contribution in [0.25, 0.3) is 0 Å². The van der Waals surface area contributed by atoms with Gasteiger partial charge in [-0.3, -0.25) is 9.79 Å². The molecule has 0 aromatic heterocycles. The predicted octanol–water partition coefficient (Wildman–Crippen LogP) is 4.27. The van der Waals surface area contributed by atoms with Crippen LogP contribution in [0.5, 0.6) is 0 Å². The smallest absolute Gasteiger partial charge is 0.246 e. The molecule has 1 N–H and O–H groups in total. The largest absolute Gasteiger partial charge is 0.360 e. The number of anilines is 1. The third-order valence-corrected chi connectivity index (χ3v) is 6.47. The van der Waals surface area contributed by atoms with E-state index < -0.39 is 0 Å². The molecule has 2 heterocycles. The third kappa shape index (κ3) is 3.48. The summed E-state index contributed by atoms with van der Waals surface area (Å²) >= 11 is 5.32. The molecule has 0 fully saturated rings. The molecule has 2 aliphatic heterocycles. The van der Waals surface area contributed by atoms with Crippen molar-refractivity contribution < 1.29 is 4.79 Å². The zero-order valence-electron chi connectivity index (χ0n) is 17.2. The lowest BCUT2D eigenvalue weighted by Gasteiger charge is -2.51. The molecule has 2 aromatic rings. The fraction of sp³-hybridized carbons (Fsp3) is 0.375. The van der Waals surface area contributed by atoms with Gasteiger partial charge in [0.25, 0.3) is 0 Å². The number of hydrogen-bond donors (Lipinski definition) is 1. The molecule has 1 atom stereocenters. The van der Waals surface area contributed by atoms with E-state index >= 15 is 0 Å². The minimum atomic E-state index is -0.338. The van der Waals surface area contributed by atoms with Crippen molar-refractivity contribution in [2.24, 2.45) is 4.99 Å². The summed E-state index contributed by atoms with van der Waals surface area (Å²) in [7, 11) is 0. The van der Waals surface area contributed by atoms with Crippen LogP contribution in [0.15, 0.2) is 59.6 Å². The zero-order valence-corrected chi connectivity index (χ0v) is 18.1. The fourth-order valence-corrected chi connectivity index (χ4v) is 5.13. The summed E-state index contributed by atoms with van der Waals surface area (Å²) < 4.78 is 0. The Bertz CT molecular complexity index is 983. The number of amides is 1. The molecule has 4 rings (SSSR count). The number of benzene rings is 2. The number of carbonyl (C=O) groups is 1. The maximum absolute atomic E-state index is 13.4. The molecule has 2 aromatic carbocycles. The molecule has 1 amide bonds. The van der Waals surface area contributed by atoms with Gasteiger partial charge in [-0.1, -0.05) is 67.7 Å². The van der Waals surface area contributed by atoms with Crippen LogP contribution in [0.1, 0.15) is 44.7 Å². The highest BCUT2D eigenvalue weighted by Crippen LogP contribution is 2.50. The molecule has 29 heavy (non-hydrogen) atoms. The number of hydrogen-bond acceptors (Lipinski definition) is 4. The second-order valence-corrected chi connectivity index (χ2v) is 9.18. The Morgan fingerprint density at radius 1 is 1.10 bits per heavy atom. The number of nitrogens with zero attached hydrogens (tertiary/aromatic N) is 2. The lowest BCUT2D eigenvalue weighted by molar-refractivity contribution is -0.118. The van der Waals surface area contributed by atoms with Gasteiger partial charge in [-0.2, -0.15) is 0 Å². The number of rotatable bonds is 3. The topological polar surface area (TPSA) is 44.7 Å². The van der Waals surface area contributed by atoms with E-state index in [1.54, 1.807) is 0 Å². The van der Waals surface area contributed by atoms with Gasteiger partial charge in [0.2, 0.25) is 5.91 Å². The number of aliphatic imine (C=N–C) groups is 1. The zero-order chi connectivity index (χ0) is 20.6. The average molecular weight is 406 g/mol. The summed E-state index contributed by atoms with van der Waals surface area (Å²) in [5.41, 5.74) is 2.94. The Morgan fingerprint density at radius 2 is 1.79 bits per heavy atom. The van der Waals surface area contributed by atoms with Gasteiger partial charge in [-0.05, 0) is 37.5 Å². The SMILES string of the molecule is CC1(C)C[C@@](C)(c2ccccc2)c2ccccc2N1C(=O)CNC1=NCCC1=S. The molecule has 0 bridgehead atoms. The van der Waals surface area contributed by atoms with Crippen molar-refractivity contribution in [2.75, 3.05) is 18.0 Å². The van der Waals surface area contributed by atoms with Crippen LogP contribution in [0.3, 0.4) is 0 Å². The molecule has 0 saturated heterocycles. The first kappa shape index (κ1) is 19.8. The molecule has 0 spiro atoms. The van der Waals surface area contributed by atoms with Gasteiger partial charge in [0.05, 0.1) is 11.4 Å². The highest BCUT2D eigenvalue weighted by molar-refractivity contribution is 7.82. The number of thiocarbonyl (C=S) groups is 1. The van der Waals surface area contributed by atoms with E-state index in [9.17, 15) is 4.79 Å². The number of amidine groups is 1.